The van der Waals surface area contributed by atoms with Crippen molar-refractivity contribution in [3.8, 4) is 0 Å². The average Bonchev–Trinajstić information content (AvgIpc) is 2.36. The van der Waals surface area contributed by atoms with Crippen LogP contribution in [0.2, 0.25) is 0 Å². The first-order valence-corrected chi connectivity index (χ1v) is 6.80. The molecule has 98 valence electrons. The van der Waals surface area contributed by atoms with E-state index in [4.69, 9.17) is 0 Å². The van der Waals surface area contributed by atoms with Gasteiger partial charge in [-0.2, -0.15) is 0 Å². The predicted octanol–water partition coefficient (Wildman–Crippen LogP) is 3.39. The smallest absolute Gasteiger partial charge is 0.251 e. The molecule has 0 spiro atoms. The Balaban J connectivity index is 2.08. The zero-order chi connectivity index (χ0) is 13.8. The third-order valence-corrected chi connectivity index (χ3v) is 3.34. The number of carbonyl (C=O) groups excluding carboxylic acids is 1. The van der Waals surface area contributed by atoms with E-state index in [1.165, 1.54) is 0 Å². The number of nitrogens with one attached hydrogen (secondary N) is 1. The van der Waals surface area contributed by atoms with E-state index < -0.39 is 0 Å². The second-order valence-electron chi connectivity index (χ2n) is 4.50. The molecule has 4 heteroatoms. The van der Waals surface area contributed by atoms with Gasteiger partial charge in [-0.15, -0.1) is 0 Å². The van der Waals surface area contributed by atoms with Gasteiger partial charge in [0, 0.05) is 29.0 Å². The van der Waals surface area contributed by atoms with Gasteiger partial charge in [0.05, 0.1) is 0 Å². The minimum Gasteiger partial charge on any atom is -0.348 e. The number of carbonyl (C=O) groups is 1. The lowest BCUT2D eigenvalue weighted by Gasteiger charge is -2.08. The number of benzene rings is 1. The Labute approximate surface area is 121 Å². The van der Waals surface area contributed by atoms with Crippen molar-refractivity contribution < 1.29 is 4.79 Å². The van der Waals surface area contributed by atoms with E-state index in [0.29, 0.717) is 12.1 Å². The normalized spacial score (nSPS) is 10.3. The van der Waals surface area contributed by atoms with Crippen LogP contribution in [0.1, 0.15) is 27.0 Å². The fourth-order valence-corrected chi connectivity index (χ4v) is 2.45. The van der Waals surface area contributed by atoms with Gasteiger partial charge in [-0.05, 0) is 54.8 Å². The molecule has 3 nitrogen and oxygen atoms in total. The monoisotopic (exact) mass is 318 g/mol. The molecule has 0 bridgehead atoms. The second kappa shape index (κ2) is 5.97. The molecule has 0 unspecified atom stereocenters. The number of rotatable bonds is 3. The van der Waals surface area contributed by atoms with E-state index >= 15 is 0 Å². The van der Waals surface area contributed by atoms with Crippen LogP contribution in [-0.2, 0) is 6.54 Å². The van der Waals surface area contributed by atoms with E-state index in [9.17, 15) is 4.79 Å². The molecule has 1 aromatic carbocycles. The predicted molar refractivity (Wildman–Crippen MR) is 79.0 cm³/mol. The molecule has 0 atom stereocenters. The van der Waals surface area contributed by atoms with Gasteiger partial charge in [0.15, 0.2) is 0 Å². The van der Waals surface area contributed by atoms with Crippen LogP contribution in [0.25, 0.3) is 0 Å². The first-order valence-electron chi connectivity index (χ1n) is 6.01. The molecule has 0 aliphatic heterocycles. The summed E-state index contributed by atoms with van der Waals surface area (Å²) >= 11 is 3.40. The highest BCUT2D eigenvalue weighted by molar-refractivity contribution is 9.10. The van der Waals surface area contributed by atoms with Gasteiger partial charge in [0.2, 0.25) is 0 Å². The number of amides is 1. The summed E-state index contributed by atoms with van der Waals surface area (Å²) in [6.07, 6.45) is 3.53. The highest BCUT2D eigenvalue weighted by Gasteiger charge is 2.07. The van der Waals surface area contributed by atoms with Crippen LogP contribution in [0.15, 0.2) is 41.1 Å². The van der Waals surface area contributed by atoms with Crippen molar-refractivity contribution in [3.63, 3.8) is 0 Å². The van der Waals surface area contributed by atoms with Gasteiger partial charge in [-0.25, -0.2) is 0 Å². The van der Waals surface area contributed by atoms with Crippen LogP contribution in [0.4, 0.5) is 0 Å². The molecule has 0 saturated heterocycles. The quantitative estimate of drug-likeness (QED) is 0.942. The van der Waals surface area contributed by atoms with Gasteiger partial charge in [-0.3, -0.25) is 9.78 Å². The minimum absolute atomic E-state index is 0.0689. The summed E-state index contributed by atoms with van der Waals surface area (Å²) < 4.78 is 0.915. The van der Waals surface area contributed by atoms with E-state index in [-0.39, 0.29) is 5.91 Å². The second-order valence-corrected chi connectivity index (χ2v) is 5.42. The maximum absolute atomic E-state index is 12.1. The Hall–Kier alpha value is -1.68. The summed E-state index contributed by atoms with van der Waals surface area (Å²) in [5.41, 5.74) is 3.88. The van der Waals surface area contributed by atoms with Crippen molar-refractivity contribution in [2.45, 2.75) is 20.4 Å². The van der Waals surface area contributed by atoms with E-state index in [1.54, 1.807) is 12.4 Å². The van der Waals surface area contributed by atoms with Crippen molar-refractivity contribution in [2.24, 2.45) is 0 Å². The minimum atomic E-state index is -0.0689. The molecule has 0 radical (unpaired) electrons. The zero-order valence-corrected chi connectivity index (χ0v) is 12.5. The molecule has 1 N–H and O–H groups in total. The molecule has 1 aromatic heterocycles. The first kappa shape index (κ1) is 13.7. The molecular weight excluding hydrogens is 304 g/mol. The SMILES string of the molecule is Cc1cc(Br)cc(C(=O)NCc2ccncc2C)c1. The number of hydrogen-bond donors (Lipinski definition) is 1. The fourth-order valence-electron chi connectivity index (χ4n) is 1.85. The molecule has 2 rings (SSSR count). The van der Waals surface area contributed by atoms with Crippen molar-refractivity contribution >= 4 is 21.8 Å². The number of halogens is 1. The molecule has 0 saturated carbocycles. The largest absolute Gasteiger partial charge is 0.348 e. The third-order valence-electron chi connectivity index (χ3n) is 2.88. The lowest BCUT2D eigenvalue weighted by atomic mass is 10.1. The van der Waals surface area contributed by atoms with Gasteiger partial charge < -0.3 is 5.32 Å². The summed E-state index contributed by atoms with van der Waals surface area (Å²) in [6.45, 7) is 4.46. The lowest BCUT2D eigenvalue weighted by molar-refractivity contribution is 0.0950. The van der Waals surface area contributed by atoms with Crippen LogP contribution >= 0.6 is 15.9 Å². The third kappa shape index (κ3) is 3.64. The van der Waals surface area contributed by atoms with Crippen LogP contribution in [0.5, 0.6) is 0 Å². The molecule has 0 aliphatic rings. The fraction of sp³-hybridized carbons (Fsp3) is 0.200. The lowest BCUT2D eigenvalue weighted by Crippen LogP contribution is -2.23. The van der Waals surface area contributed by atoms with Gasteiger partial charge >= 0.3 is 0 Å². The van der Waals surface area contributed by atoms with Crippen molar-refractivity contribution in [1.82, 2.24) is 10.3 Å². The van der Waals surface area contributed by atoms with E-state index in [2.05, 4.69) is 26.2 Å². The molecule has 0 aliphatic carbocycles. The molecule has 19 heavy (non-hydrogen) atoms. The van der Waals surface area contributed by atoms with Crippen LogP contribution in [0, 0.1) is 13.8 Å². The standard InChI is InChI=1S/C15H15BrN2O/c1-10-5-13(7-14(16)6-10)15(19)18-9-12-3-4-17-8-11(12)2/h3-8H,9H2,1-2H3,(H,18,19). The Kier molecular flexibility index (Phi) is 4.32. The van der Waals surface area contributed by atoms with Crippen LogP contribution in [0.3, 0.4) is 0 Å². The number of nitrogens with zero attached hydrogens (tertiary/aromatic N) is 1. The van der Waals surface area contributed by atoms with Gasteiger partial charge in [-0.1, -0.05) is 15.9 Å². The Bertz CT molecular complexity index is 591. The summed E-state index contributed by atoms with van der Waals surface area (Å²) in [5, 5.41) is 2.92. The van der Waals surface area contributed by atoms with Crippen molar-refractivity contribution in [2.75, 3.05) is 0 Å². The summed E-state index contributed by atoms with van der Waals surface area (Å²) in [7, 11) is 0. The topological polar surface area (TPSA) is 42.0 Å². The van der Waals surface area contributed by atoms with Crippen molar-refractivity contribution in [3.05, 3.63) is 63.4 Å². The van der Waals surface area contributed by atoms with E-state index in [0.717, 1.165) is 21.2 Å². The van der Waals surface area contributed by atoms with Gasteiger partial charge in [0.1, 0.15) is 0 Å². The zero-order valence-electron chi connectivity index (χ0n) is 10.9. The molecular formula is C15H15BrN2O. The van der Waals surface area contributed by atoms with Gasteiger partial charge in [0.25, 0.3) is 5.91 Å². The average molecular weight is 319 g/mol. The summed E-state index contributed by atoms with van der Waals surface area (Å²) in [5.74, 6) is -0.0689. The number of hydrogen-bond acceptors (Lipinski definition) is 2. The maximum atomic E-state index is 12.1. The number of aromatic nitrogens is 1. The number of pyridine rings is 1. The summed E-state index contributed by atoms with van der Waals surface area (Å²) in [4.78, 5) is 16.1. The molecule has 2 aromatic rings. The highest BCUT2D eigenvalue weighted by Crippen LogP contribution is 2.15. The summed E-state index contributed by atoms with van der Waals surface area (Å²) in [6, 6.07) is 7.59. The Morgan fingerprint density at radius 1 is 1.32 bits per heavy atom. The van der Waals surface area contributed by atoms with E-state index in [1.807, 2.05) is 38.1 Å². The highest BCUT2D eigenvalue weighted by atomic mass is 79.9. The number of aryl methyl sites for hydroxylation is 2. The van der Waals surface area contributed by atoms with Crippen LogP contribution in [-0.4, -0.2) is 10.9 Å². The van der Waals surface area contributed by atoms with Crippen molar-refractivity contribution in [1.29, 1.82) is 0 Å². The Morgan fingerprint density at radius 3 is 2.79 bits per heavy atom. The Morgan fingerprint density at radius 2 is 2.11 bits per heavy atom. The molecule has 1 heterocycles. The van der Waals surface area contributed by atoms with Crippen LogP contribution < -0.4 is 5.32 Å². The first-order chi connectivity index (χ1) is 9.06. The molecule has 0 fully saturated rings. The molecule has 1 amide bonds. The maximum Gasteiger partial charge on any atom is 0.251 e.